The molecule has 1 amide bonds. The highest BCUT2D eigenvalue weighted by Crippen LogP contribution is 2.28. The van der Waals surface area contributed by atoms with E-state index in [2.05, 4.69) is 10.4 Å². The largest absolute Gasteiger partial charge is 0.481 e. The normalized spacial score (nSPS) is 11.7. The minimum Gasteiger partial charge on any atom is -0.481 e. The summed E-state index contributed by atoms with van der Waals surface area (Å²) in [5, 5.41) is 17.1. The van der Waals surface area contributed by atoms with Crippen LogP contribution in [0.25, 0.3) is 5.69 Å². The zero-order chi connectivity index (χ0) is 21.7. The summed E-state index contributed by atoms with van der Waals surface area (Å²) in [6, 6.07) is 14.4. The number of nitrogens with zero attached hydrogens (tertiary/aromatic N) is 2. The Labute approximate surface area is 183 Å². The van der Waals surface area contributed by atoms with Crippen molar-refractivity contribution in [1.29, 1.82) is 0 Å². The quantitative estimate of drug-likeness (QED) is 0.529. The number of rotatable bonds is 8. The number of nitrogens with one attached hydrogen (secondary N) is 1. The first-order valence-electron chi connectivity index (χ1n) is 9.15. The van der Waals surface area contributed by atoms with Gasteiger partial charge >= 0.3 is 5.97 Å². The maximum atomic E-state index is 12.9. The fourth-order valence-corrected chi connectivity index (χ4v) is 3.41. The highest BCUT2D eigenvalue weighted by molar-refractivity contribution is 6.32. The van der Waals surface area contributed by atoms with Gasteiger partial charge in [-0.25, -0.2) is 0 Å². The maximum absolute atomic E-state index is 12.9. The van der Waals surface area contributed by atoms with Crippen LogP contribution in [-0.2, 0) is 4.79 Å². The fourth-order valence-electron chi connectivity index (χ4n) is 2.92. The van der Waals surface area contributed by atoms with Crippen LogP contribution >= 0.6 is 23.2 Å². The van der Waals surface area contributed by atoms with Gasteiger partial charge in [0.1, 0.15) is 0 Å². The highest BCUT2D eigenvalue weighted by atomic mass is 35.5. The lowest BCUT2D eigenvalue weighted by atomic mass is 10.0. The van der Waals surface area contributed by atoms with Crippen LogP contribution < -0.4 is 10.1 Å². The van der Waals surface area contributed by atoms with Crippen molar-refractivity contribution in [1.82, 2.24) is 15.1 Å². The van der Waals surface area contributed by atoms with E-state index in [4.69, 9.17) is 27.9 Å². The molecule has 0 aliphatic rings. The van der Waals surface area contributed by atoms with Gasteiger partial charge in [0.15, 0.2) is 5.69 Å². The van der Waals surface area contributed by atoms with Crippen molar-refractivity contribution in [2.24, 2.45) is 0 Å². The van der Waals surface area contributed by atoms with E-state index in [1.54, 1.807) is 48.5 Å². The molecule has 7 nitrogen and oxygen atoms in total. The van der Waals surface area contributed by atoms with E-state index in [0.29, 0.717) is 33.8 Å². The van der Waals surface area contributed by atoms with Gasteiger partial charge in [0.25, 0.3) is 5.91 Å². The Kier molecular flexibility index (Phi) is 6.97. The van der Waals surface area contributed by atoms with Crippen molar-refractivity contribution in [3.63, 3.8) is 0 Å². The summed E-state index contributed by atoms with van der Waals surface area (Å²) in [5.41, 5.74) is 1.11. The molecule has 0 fully saturated rings. The number of carboxylic acid groups (broad SMARTS) is 1. The second-order valence-electron chi connectivity index (χ2n) is 6.31. The van der Waals surface area contributed by atoms with Crippen molar-refractivity contribution in [2.75, 3.05) is 6.61 Å². The van der Waals surface area contributed by atoms with Crippen molar-refractivity contribution < 1.29 is 19.4 Å². The first kappa shape index (κ1) is 21.7. The van der Waals surface area contributed by atoms with Crippen molar-refractivity contribution in [3.8, 4) is 11.6 Å². The molecule has 0 saturated carbocycles. The summed E-state index contributed by atoms with van der Waals surface area (Å²) in [4.78, 5) is 24.2. The molecular formula is C21H19Cl2N3O4. The molecule has 1 atom stereocenters. The van der Waals surface area contributed by atoms with Gasteiger partial charge in [0.2, 0.25) is 5.88 Å². The van der Waals surface area contributed by atoms with E-state index in [0.717, 1.165) is 0 Å². The second-order valence-corrected chi connectivity index (χ2v) is 7.12. The third-order valence-electron chi connectivity index (χ3n) is 4.25. The van der Waals surface area contributed by atoms with Crippen LogP contribution in [0, 0.1) is 0 Å². The number of benzene rings is 2. The SMILES string of the molecule is CCOc1cc(C(=O)N[C@@H](CC(=O)O)c2ccccc2Cl)nn1-c1ccccc1Cl. The molecule has 0 aliphatic heterocycles. The first-order valence-corrected chi connectivity index (χ1v) is 9.91. The lowest BCUT2D eigenvalue weighted by molar-refractivity contribution is -0.137. The number of hydrogen-bond donors (Lipinski definition) is 2. The zero-order valence-corrected chi connectivity index (χ0v) is 17.5. The summed E-state index contributed by atoms with van der Waals surface area (Å²) in [6.45, 7) is 2.17. The summed E-state index contributed by atoms with van der Waals surface area (Å²) in [5.74, 6) is -1.30. The Hall–Kier alpha value is -3.03. The highest BCUT2D eigenvalue weighted by Gasteiger charge is 2.24. The minimum absolute atomic E-state index is 0.0563. The average Bonchev–Trinajstić information content (AvgIpc) is 3.12. The van der Waals surface area contributed by atoms with Crippen molar-refractivity contribution in [3.05, 3.63) is 75.9 Å². The Bertz CT molecular complexity index is 1070. The van der Waals surface area contributed by atoms with Gasteiger partial charge in [-0.15, -0.1) is 0 Å². The predicted molar refractivity (Wildman–Crippen MR) is 114 cm³/mol. The molecule has 30 heavy (non-hydrogen) atoms. The molecule has 0 radical (unpaired) electrons. The van der Waals surface area contributed by atoms with Gasteiger partial charge in [-0.05, 0) is 30.7 Å². The number of hydrogen-bond acceptors (Lipinski definition) is 4. The van der Waals surface area contributed by atoms with Crippen LogP contribution in [-0.4, -0.2) is 33.4 Å². The standard InChI is InChI=1S/C21H19Cl2N3O4/c1-2-30-19-11-17(25-26(19)18-10-6-5-9-15(18)23)21(29)24-16(12-20(27)28)13-7-3-4-8-14(13)22/h3-11,16H,2,12H2,1H3,(H,24,29)(H,27,28)/t16-/m0/s1. The Balaban J connectivity index is 1.93. The van der Waals surface area contributed by atoms with Crippen LogP contribution in [0.2, 0.25) is 10.0 Å². The zero-order valence-electron chi connectivity index (χ0n) is 16.0. The van der Waals surface area contributed by atoms with Gasteiger partial charge in [0, 0.05) is 11.1 Å². The summed E-state index contributed by atoms with van der Waals surface area (Å²) >= 11 is 12.5. The molecule has 0 bridgehead atoms. The van der Waals surface area contributed by atoms with E-state index in [1.807, 2.05) is 6.92 Å². The minimum atomic E-state index is -1.07. The molecule has 0 spiro atoms. The molecule has 3 aromatic rings. The maximum Gasteiger partial charge on any atom is 0.305 e. The molecule has 2 aromatic carbocycles. The van der Waals surface area contributed by atoms with Gasteiger partial charge < -0.3 is 15.2 Å². The molecule has 3 rings (SSSR count). The number of amides is 1. The van der Waals surface area contributed by atoms with Crippen LogP contribution in [0.5, 0.6) is 5.88 Å². The van der Waals surface area contributed by atoms with Crippen molar-refractivity contribution in [2.45, 2.75) is 19.4 Å². The van der Waals surface area contributed by atoms with Gasteiger partial charge in [-0.3, -0.25) is 9.59 Å². The van der Waals surface area contributed by atoms with Gasteiger partial charge in [0.05, 0.1) is 29.8 Å². The molecule has 1 heterocycles. The molecule has 2 N–H and O–H groups in total. The van der Waals surface area contributed by atoms with Crippen LogP contribution in [0.1, 0.15) is 35.4 Å². The Morgan fingerprint density at radius 3 is 2.43 bits per heavy atom. The van der Waals surface area contributed by atoms with Gasteiger partial charge in [-0.2, -0.15) is 9.78 Å². The van der Waals surface area contributed by atoms with E-state index in [9.17, 15) is 14.7 Å². The molecule has 1 aromatic heterocycles. The lowest BCUT2D eigenvalue weighted by Gasteiger charge is -2.18. The van der Waals surface area contributed by atoms with E-state index >= 15 is 0 Å². The number of aliphatic carboxylic acids is 1. The van der Waals surface area contributed by atoms with E-state index in [-0.39, 0.29) is 12.1 Å². The van der Waals surface area contributed by atoms with Crippen LogP contribution in [0.3, 0.4) is 0 Å². The second kappa shape index (κ2) is 9.65. The molecule has 156 valence electrons. The molecule has 9 heteroatoms. The summed E-state index contributed by atoms with van der Waals surface area (Å²) in [6.07, 6.45) is -0.334. The Morgan fingerprint density at radius 1 is 1.13 bits per heavy atom. The van der Waals surface area contributed by atoms with Crippen molar-refractivity contribution >= 4 is 35.1 Å². The average molecular weight is 448 g/mol. The first-order chi connectivity index (χ1) is 14.4. The monoisotopic (exact) mass is 447 g/mol. The summed E-state index contributed by atoms with van der Waals surface area (Å²) < 4.78 is 7.03. The van der Waals surface area contributed by atoms with E-state index < -0.39 is 17.9 Å². The van der Waals surface area contributed by atoms with Crippen LogP contribution in [0.15, 0.2) is 54.6 Å². The molecule has 0 unspecified atom stereocenters. The number of carbonyl (C=O) groups is 2. The Morgan fingerprint density at radius 2 is 1.80 bits per heavy atom. The lowest BCUT2D eigenvalue weighted by Crippen LogP contribution is -2.30. The fraction of sp³-hybridized carbons (Fsp3) is 0.190. The number of carbonyl (C=O) groups excluding carboxylic acids is 1. The number of para-hydroxylation sites is 1. The predicted octanol–water partition coefficient (Wildman–Crippen LogP) is 4.52. The number of carboxylic acids is 1. The number of ether oxygens (including phenoxy) is 1. The molecular weight excluding hydrogens is 429 g/mol. The van der Waals surface area contributed by atoms with Crippen LogP contribution in [0.4, 0.5) is 0 Å². The summed E-state index contributed by atoms with van der Waals surface area (Å²) in [7, 11) is 0. The molecule has 0 saturated heterocycles. The third kappa shape index (κ3) is 4.93. The topological polar surface area (TPSA) is 93.4 Å². The van der Waals surface area contributed by atoms with Gasteiger partial charge in [-0.1, -0.05) is 53.5 Å². The smallest absolute Gasteiger partial charge is 0.305 e. The number of halogens is 2. The third-order valence-corrected chi connectivity index (χ3v) is 4.91. The number of aromatic nitrogens is 2. The van der Waals surface area contributed by atoms with E-state index in [1.165, 1.54) is 10.7 Å². The molecule has 0 aliphatic carbocycles.